The Morgan fingerprint density at radius 2 is 1.59 bits per heavy atom. The zero-order valence-electron chi connectivity index (χ0n) is 16.9. The van der Waals surface area contributed by atoms with Gasteiger partial charge in [-0.2, -0.15) is 0 Å². The van der Waals surface area contributed by atoms with E-state index in [9.17, 15) is 0 Å². The van der Waals surface area contributed by atoms with Crippen LogP contribution in [0.2, 0.25) is 0 Å². The Labute approximate surface area is 162 Å². The Hall–Kier alpha value is -2.68. The van der Waals surface area contributed by atoms with Crippen LogP contribution in [0.5, 0.6) is 11.5 Å². The second-order valence-electron chi connectivity index (χ2n) is 6.76. The molecule has 3 heteroatoms. The molecule has 0 saturated carbocycles. The van der Waals surface area contributed by atoms with E-state index in [4.69, 9.17) is 10.5 Å². The van der Waals surface area contributed by atoms with Crippen LogP contribution in [0.1, 0.15) is 38.8 Å². The van der Waals surface area contributed by atoms with Crippen LogP contribution in [0, 0.1) is 0 Å². The summed E-state index contributed by atoms with van der Waals surface area (Å²) in [4.78, 5) is 2.32. The summed E-state index contributed by atoms with van der Waals surface area (Å²) in [7, 11) is 0. The molecule has 27 heavy (non-hydrogen) atoms. The number of benzene rings is 3. The molecule has 0 aliphatic rings. The summed E-state index contributed by atoms with van der Waals surface area (Å²) in [5.74, 6) is 1.74. The maximum Gasteiger partial charge on any atom is 0.135 e. The molecule has 0 aliphatic carbocycles. The van der Waals surface area contributed by atoms with Crippen molar-refractivity contribution in [2.45, 2.75) is 40.5 Å². The average Bonchev–Trinajstić information content (AvgIpc) is 2.69. The van der Waals surface area contributed by atoms with Gasteiger partial charge < -0.3 is 15.4 Å². The number of hydrogen-bond acceptors (Lipinski definition) is 3. The first-order valence-electron chi connectivity index (χ1n) is 9.98. The normalized spacial score (nSPS) is 11.0. The number of nitrogens with zero attached hydrogens (tertiary/aromatic N) is 1. The van der Waals surface area contributed by atoms with Crippen molar-refractivity contribution in [1.82, 2.24) is 0 Å². The summed E-state index contributed by atoms with van der Waals surface area (Å²) in [5, 5.41) is 2.32. The van der Waals surface area contributed by atoms with Crippen LogP contribution >= 0.6 is 0 Å². The van der Waals surface area contributed by atoms with E-state index in [0.717, 1.165) is 48.5 Å². The van der Waals surface area contributed by atoms with Crippen molar-refractivity contribution in [2.24, 2.45) is 0 Å². The Bertz CT molecular complexity index is 929. The second-order valence-corrected chi connectivity index (χ2v) is 6.76. The fourth-order valence-electron chi connectivity index (χ4n) is 3.77. The topological polar surface area (TPSA) is 38.5 Å². The van der Waals surface area contributed by atoms with E-state index in [2.05, 4.69) is 69.0 Å². The van der Waals surface area contributed by atoms with E-state index in [1.54, 1.807) is 0 Å². The minimum Gasteiger partial charge on any atom is -0.457 e. The van der Waals surface area contributed by atoms with Gasteiger partial charge in [-0.3, -0.25) is 0 Å². The van der Waals surface area contributed by atoms with Gasteiger partial charge in [-0.1, -0.05) is 32.0 Å². The van der Waals surface area contributed by atoms with Crippen LogP contribution in [-0.2, 0) is 12.8 Å². The van der Waals surface area contributed by atoms with E-state index in [1.165, 1.54) is 22.2 Å². The fourth-order valence-corrected chi connectivity index (χ4v) is 3.77. The number of fused-ring (bicyclic) bond motifs is 1. The van der Waals surface area contributed by atoms with Gasteiger partial charge in [0.2, 0.25) is 0 Å². The van der Waals surface area contributed by atoms with Crippen LogP contribution in [0.4, 0.5) is 11.4 Å². The Kier molecular flexibility index (Phi) is 5.90. The molecule has 3 aromatic carbocycles. The van der Waals surface area contributed by atoms with Gasteiger partial charge in [0.15, 0.2) is 0 Å². The molecule has 0 spiro atoms. The third kappa shape index (κ3) is 3.73. The van der Waals surface area contributed by atoms with E-state index in [0.29, 0.717) is 0 Å². The Balaban J connectivity index is 2.07. The third-order valence-electron chi connectivity index (χ3n) is 5.29. The number of nitrogen functional groups attached to an aromatic ring is 1. The molecule has 0 amide bonds. The summed E-state index contributed by atoms with van der Waals surface area (Å²) < 4.78 is 6.34. The number of aryl methyl sites for hydroxylation is 2. The monoisotopic (exact) mass is 362 g/mol. The van der Waals surface area contributed by atoms with Gasteiger partial charge in [-0.25, -0.2) is 0 Å². The summed E-state index contributed by atoms with van der Waals surface area (Å²) in [6, 6.07) is 16.7. The van der Waals surface area contributed by atoms with Gasteiger partial charge in [0.05, 0.1) is 0 Å². The van der Waals surface area contributed by atoms with Crippen LogP contribution in [-0.4, -0.2) is 13.1 Å². The number of hydrogen-bond donors (Lipinski definition) is 1. The molecule has 0 unspecified atom stereocenters. The summed E-state index contributed by atoms with van der Waals surface area (Å²) in [5.41, 5.74) is 10.9. The molecule has 0 radical (unpaired) electrons. The van der Waals surface area contributed by atoms with E-state index in [1.807, 2.05) is 12.1 Å². The molecule has 0 fully saturated rings. The first kappa shape index (κ1) is 19.1. The van der Waals surface area contributed by atoms with Gasteiger partial charge in [0, 0.05) is 35.9 Å². The second kappa shape index (κ2) is 8.34. The minimum atomic E-state index is 0.861. The van der Waals surface area contributed by atoms with Gasteiger partial charge in [-0.05, 0) is 67.5 Å². The van der Waals surface area contributed by atoms with Crippen LogP contribution in [0.3, 0.4) is 0 Å². The van der Waals surface area contributed by atoms with Crippen LogP contribution in [0.15, 0.2) is 48.5 Å². The molecule has 3 aromatic rings. The van der Waals surface area contributed by atoms with Crippen molar-refractivity contribution < 1.29 is 4.74 Å². The standard InChI is InChI=1S/C24H30N2O/c1-5-17-15-22-21(20(6-2)24(17)25)13-10-14-23(22)27-19-12-9-11-18(16-19)26(7-3)8-4/h9-16H,5-8,25H2,1-4H3. The van der Waals surface area contributed by atoms with E-state index in [-0.39, 0.29) is 0 Å². The molecule has 3 rings (SSSR count). The van der Waals surface area contributed by atoms with Crippen molar-refractivity contribution in [1.29, 1.82) is 0 Å². The highest BCUT2D eigenvalue weighted by Crippen LogP contribution is 2.37. The summed E-state index contributed by atoms with van der Waals surface area (Å²) >= 11 is 0. The summed E-state index contributed by atoms with van der Waals surface area (Å²) in [6.07, 6.45) is 1.83. The molecule has 0 bridgehead atoms. The molecule has 0 heterocycles. The van der Waals surface area contributed by atoms with E-state index >= 15 is 0 Å². The van der Waals surface area contributed by atoms with E-state index < -0.39 is 0 Å². The number of ether oxygens (including phenoxy) is 1. The largest absolute Gasteiger partial charge is 0.457 e. The lowest BCUT2D eigenvalue weighted by Gasteiger charge is -2.21. The summed E-state index contributed by atoms with van der Waals surface area (Å²) in [6.45, 7) is 10.6. The van der Waals surface area contributed by atoms with Gasteiger partial charge in [0.1, 0.15) is 11.5 Å². The third-order valence-corrected chi connectivity index (χ3v) is 5.29. The van der Waals surface area contributed by atoms with Gasteiger partial charge in [0.25, 0.3) is 0 Å². The lowest BCUT2D eigenvalue weighted by atomic mass is 9.95. The smallest absolute Gasteiger partial charge is 0.135 e. The highest BCUT2D eigenvalue weighted by atomic mass is 16.5. The fraction of sp³-hybridized carbons (Fsp3) is 0.333. The quantitative estimate of drug-likeness (QED) is 0.510. The molecule has 0 aliphatic heterocycles. The molecular weight excluding hydrogens is 332 g/mol. The van der Waals surface area contributed by atoms with Crippen molar-refractivity contribution >= 4 is 22.1 Å². The lowest BCUT2D eigenvalue weighted by molar-refractivity contribution is 0.488. The number of anilines is 2. The predicted molar refractivity (Wildman–Crippen MR) is 117 cm³/mol. The van der Waals surface area contributed by atoms with Crippen molar-refractivity contribution in [3.63, 3.8) is 0 Å². The molecule has 142 valence electrons. The van der Waals surface area contributed by atoms with Crippen molar-refractivity contribution in [3.05, 3.63) is 59.7 Å². The maximum absolute atomic E-state index is 6.41. The predicted octanol–water partition coefficient (Wildman–Crippen LogP) is 6.19. The molecule has 0 aromatic heterocycles. The lowest BCUT2D eigenvalue weighted by Crippen LogP contribution is -2.21. The zero-order valence-corrected chi connectivity index (χ0v) is 16.9. The number of nitrogens with two attached hydrogens (primary N) is 1. The zero-order chi connectivity index (χ0) is 19.4. The molecule has 0 saturated heterocycles. The Morgan fingerprint density at radius 3 is 2.26 bits per heavy atom. The first-order valence-corrected chi connectivity index (χ1v) is 9.98. The first-order chi connectivity index (χ1) is 13.1. The number of rotatable bonds is 7. The Morgan fingerprint density at radius 1 is 0.852 bits per heavy atom. The maximum atomic E-state index is 6.41. The van der Waals surface area contributed by atoms with Crippen molar-refractivity contribution in [3.8, 4) is 11.5 Å². The molecule has 3 nitrogen and oxygen atoms in total. The average molecular weight is 363 g/mol. The van der Waals surface area contributed by atoms with Crippen LogP contribution in [0.25, 0.3) is 10.8 Å². The highest BCUT2D eigenvalue weighted by Gasteiger charge is 2.13. The molecule has 0 atom stereocenters. The molecular formula is C24H30N2O. The van der Waals surface area contributed by atoms with Crippen molar-refractivity contribution in [2.75, 3.05) is 23.7 Å². The minimum absolute atomic E-state index is 0.861. The SMILES string of the molecule is CCc1cc2c(Oc3cccc(N(CC)CC)c3)cccc2c(CC)c1N. The van der Waals surface area contributed by atoms with Gasteiger partial charge in [-0.15, -0.1) is 0 Å². The highest BCUT2D eigenvalue weighted by molar-refractivity contribution is 5.95. The molecule has 2 N–H and O–H groups in total. The van der Waals surface area contributed by atoms with Crippen LogP contribution < -0.4 is 15.4 Å². The van der Waals surface area contributed by atoms with Gasteiger partial charge >= 0.3 is 0 Å².